The lowest BCUT2D eigenvalue weighted by molar-refractivity contribution is 0.135. The van der Waals surface area contributed by atoms with E-state index in [0.717, 1.165) is 12.0 Å². The summed E-state index contributed by atoms with van der Waals surface area (Å²) in [5, 5.41) is 3.51. The average molecular weight is 212 g/mol. The lowest BCUT2D eigenvalue weighted by Crippen LogP contribution is -2.44. The summed E-state index contributed by atoms with van der Waals surface area (Å²) in [6.45, 7) is 13.0. The minimum Gasteiger partial charge on any atom is -0.315 e. The maximum atomic E-state index is 3.51. The number of unbranched alkanes of at least 4 members (excludes halogenated alkanes) is 2. The minimum absolute atomic E-state index is 0.689. The molecule has 1 aliphatic heterocycles. The zero-order valence-corrected chi connectivity index (χ0v) is 10.9. The number of nitrogens with one attached hydrogen (secondary N) is 1. The fourth-order valence-corrected chi connectivity index (χ4v) is 2.59. The molecule has 1 N–H and O–H groups in total. The Morgan fingerprint density at radius 1 is 1.27 bits per heavy atom. The molecule has 2 unspecified atom stereocenters. The van der Waals surface area contributed by atoms with Gasteiger partial charge in [-0.15, -0.1) is 0 Å². The molecule has 0 bridgehead atoms. The van der Waals surface area contributed by atoms with E-state index < -0.39 is 0 Å². The molecule has 0 amide bonds. The molecule has 1 aliphatic rings. The molecule has 0 aromatic rings. The van der Waals surface area contributed by atoms with Crippen LogP contribution >= 0.6 is 0 Å². The molecule has 1 rings (SSSR count). The fraction of sp³-hybridized carbons (Fsp3) is 1.00. The largest absolute Gasteiger partial charge is 0.315 e. The maximum absolute atomic E-state index is 3.51. The van der Waals surface area contributed by atoms with E-state index in [1.54, 1.807) is 0 Å². The van der Waals surface area contributed by atoms with Crippen molar-refractivity contribution in [1.82, 2.24) is 10.2 Å². The Bertz CT molecular complexity index is 168. The van der Waals surface area contributed by atoms with Gasteiger partial charge in [-0.3, -0.25) is 4.90 Å². The van der Waals surface area contributed by atoms with Crippen molar-refractivity contribution in [3.63, 3.8) is 0 Å². The summed E-state index contributed by atoms with van der Waals surface area (Å²) in [5.74, 6) is 0.814. The van der Waals surface area contributed by atoms with Gasteiger partial charge < -0.3 is 5.32 Å². The van der Waals surface area contributed by atoms with E-state index in [1.165, 1.54) is 38.9 Å². The molecule has 0 saturated carbocycles. The first-order valence-electron chi connectivity index (χ1n) is 6.63. The van der Waals surface area contributed by atoms with Gasteiger partial charge in [0.05, 0.1) is 0 Å². The van der Waals surface area contributed by atoms with Gasteiger partial charge in [-0.2, -0.15) is 0 Å². The molecular formula is C13H28N2. The van der Waals surface area contributed by atoms with Gasteiger partial charge in [-0.05, 0) is 39.3 Å². The molecule has 0 aromatic carbocycles. The summed E-state index contributed by atoms with van der Waals surface area (Å²) in [4.78, 5) is 2.69. The molecule has 2 heteroatoms. The highest BCUT2D eigenvalue weighted by Crippen LogP contribution is 2.18. The Hall–Kier alpha value is -0.0800. The third-order valence-corrected chi connectivity index (χ3v) is 3.59. The Morgan fingerprint density at radius 3 is 2.47 bits per heavy atom. The van der Waals surface area contributed by atoms with E-state index in [-0.39, 0.29) is 0 Å². The van der Waals surface area contributed by atoms with E-state index in [1.807, 2.05) is 0 Å². The average Bonchev–Trinajstić information content (AvgIpc) is 2.59. The van der Waals surface area contributed by atoms with Crippen molar-refractivity contribution in [2.75, 3.05) is 19.6 Å². The van der Waals surface area contributed by atoms with Crippen molar-refractivity contribution in [2.24, 2.45) is 5.92 Å². The van der Waals surface area contributed by atoms with Crippen molar-refractivity contribution < 1.29 is 0 Å². The first-order chi connectivity index (χ1) is 7.16. The van der Waals surface area contributed by atoms with Crippen LogP contribution in [-0.2, 0) is 0 Å². The normalized spacial score (nSPS) is 26.8. The highest BCUT2D eigenvalue weighted by atomic mass is 15.2. The molecule has 0 radical (unpaired) electrons. The molecular weight excluding hydrogens is 184 g/mol. The molecule has 0 aromatic heterocycles. The van der Waals surface area contributed by atoms with Crippen LogP contribution in [0, 0.1) is 5.92 Å². The van der Waals surface area contributed by atoms with Gasteiger partial charge in [-0.25, -0.2) is 0 Å². The van der Waals surface area contributed by atoms with Crippen LogP contribution in [-0.4, -0.2) is 36.6 Å². The summed E-state index contributed by atoms with van der Waals surface area (Å²) in [6.07, 6.45) is 4.06. The molecule has 15 heavy (non-hydrogen) atoms. The zero-order valence-electron chi connectivity index (χ0n) is 10.9. The Labute approximate surface area is 95.4 Å². The third kappa shape index (κ3) is 3.76. The van der Waals surface area contributed by atoms with Crippen LogP contribution in [0.25, 0.3) is 0 Å². The fourth-order valence-electron chi connectivity index (χ4n) is 2.59. The summed E-state index contributed by atoms with van der Waals surface area (Å²) in [5.41, 5.74) is 0. The molecule has 0 spiro atoms. The standard InChI is InChI=1S/C13H28N2/c1-5-6-7-8-15(11(2)3)13-10-14-9-12(13)4/h11-14H,5-10H2,1-4H3. The molecule has 0 aliphatic carbocycles. The lowest BCUT2D eigenvalue weighted by atomic mass is 10.0. The number of nitrogens with zero attached hydrogens (tertiary/aromatic N) is 1. The van der Waals surface area contributed by atoms with Crippen LogP contribution in [0.5, 0.6) is 0 Å². The molecule has 90 valence electrons. The summed E-state index contributed by atoms with van der Waals surface area (Å²) in [7, 11) is 0. The second kappa shape index (κ2) is 6.49. The van der Waals surface area contributed by atoms with Crippen LogP contribution in [0.3, 0.4) is 0 Å². The third-order valence-electron chi connectivity index (χ3n) is 3.59. The summed E-state index contributed by atoms with van der Waals surface area (Å²) >= 11 is 0. The zero-order chi connectivity index (χ0) is 11.3. The Balaban J connectivity index is 2.42. The molecule has 2 nitrogen and oxygen atoms in total. The van der Waals surface area contributed by atoms with Crippen molar-refractivity contribution in [1.29, 1.82) is 0 Å². The highest BCUT2D eigenvalue weighted by molar-refractivity contribution is 4.87. The van der Waals surface area contributed by atoms with Crippen LogP contribution in [0.2, 0.25) is 0 Å². The quantitative estimate of drug-likeness (QED) is 0.681. The van der Waals surface area contributed by atoms with Gasteiger partial charge in [0.1, 0.15) is 0 Å². The van der Waals surface area contributed by atoms with Crippen molar-refractivity contribution in [3.8, 4) is 0 Å². The monoisotopic (exact) mass is 212 g/mol. The van der Waals surface area contributed by atoms with E-state index in [4.69, 9.17) is 0 Å². The van der Waals surface area contributed by atoms with E-state index in [2.05, 4.69) is 37.9 Å². The summed E-state index contributed by atoms with van der Waals surface area (Å²) in [6, 6.07) is 1.45. The molecule has 1 heterocycles. The van der Waals surface area contributed by atoms with Crippen LogP contribution in [0.1, 0.15) is 47.0 Å². The van der Waals surface area contributed by atoms with Crippen molar-refractivity contribution >= 4 is 0 Å². The number of hydrogen-bond donors (Lipinski definition) is 1. The van der Waals surface area contributed by atoms with E-state index >= 15 is 0 Å². The van der Waals surface area contributed by atoms with Gasteiger partial charge in [0, 0.05) is 18.6 Å². The second-order valence-electron chi connectivity index (χ2n) is 5.24. The van der Waals surface area contributed by atoms with E-state index in [9.17, 15) is 0 Å². The Kier molecular flexibility index (Phi) is 5.62. The van der Waals surface area contributed by atoms with Crippen LogP contribution < -0.4 is 5.32 Å². The van der Waals surface area contributed by atoms with Gasteiger partial charge in [0.2, 0.25) is 0 Å². The van der Waals surface area contributed by atoms with Crippen LogP contribution in [0.15, 0.2) is 0 Å². The maximum Gasteiger partial charge on any atom is 0.0261 e. The first kappa shape index (κ1) is 13.0. The first-order valence-corrected chi connectivity index (χ1v) is 6.63. The molecule has 2 atom stereocenters. The van der Waals surface area contributed by atoms with Gasteiger partial charge >= 0.3 is 0 Å². The van der Waals surface area contributed by atoms with Gasteiger partial charge in [0.25, 0.3) is 0 Å². The lowest BCUT2D eigenvalue weighted by Gasteiger charge is -2.34. The molecule has 1 fully saturated rings. The molecule has 1 saturated heterocycles. The number of hydrogen-bond acceptors (Lipinski definition) is 2. The van der Waals surface area contributed by atoms with Gasteiger partial charge in [0.15, 0.2) is 0 Å². The minimum atomic E-state index is 0.689. The summed E-state index contributed by atoms with van der Waals surface area (Å²) < 4.78 is 0. The number of rotatable bonds is 6. The topological polar surface area (TPSA) is 15.3 Å². The van der Waals surface area contributed by atoms with Gasteiger partial charge in [-0.1, -0.05) is 26.7 Å². The van der Waals surface area contributed by atoms with Crippen molar-refractivity contribution in [3.05, 3.63) is 0 Å². The highest BCUT2D eigenvalue weighted by Gasteiger charge is 2.29. The predicted molar refractivity (Wildman–Crippen MR) is 67.2 cm³/mol. The Morgan fingerprint density at radius 2 is 2.00 bits per heavy atom. The smallest absolute Gasteiger partial charge is 0.0261 e. The SMILES string of the molecule is CCCCCN(C(C)C)C1CNCC1C. The second-order valence-corrected chi connectivity index (χ2v) is 5.24. The predicted octanol–water partition coefficient (Wildman–Crippen LogP) is 2.49. The van der Waals surface area contributed by atoms with Crippen LogP contribution in [0.4, 0.5) is 0 Å². The van der Waals surface area contributed by atoms with Crippen molar-refractivity contribution in [2.45, 2.75) is 59.0 Å². The van der Waals surface area contributed by atoms with E-state index in [0.29, 0.717) is 6.04 Å².